The highest BCUT2D eigenvalue weighted by Crippen LogP contribution is 2.52. The van der Waals surface area contributed by atoms with E-state index in [-0.39, 0.29) is 35.4 Å². The Bertz CT molecular complexity index is 1480. The third-order valence-electron chi connectivity index (χ3n) is 7.91. The molecular formula is C26H51N7O11P2Si. The minimum atomic E-state index is -4.75. The standard InChI is InChI=1S/C26H51N7O11P2Si/c1-26(2,3)47(8,9)44-21-20(43-46(37,38)40-15-11-13-32(6)7)18(16-41-45(35,36)39-14-10-12-31(4)5)42-24(21)33-17-28-19-22(33)29-25(27)30-23(19)34/h17-18,20-21,24H,10-16H2,1-9H3,(H,35,36)(H,37,38)(H3,27,29,30,34). The van der Waals surface area contributed by atoms with E-state index in [9.17, 15) is 23.7 Å². The molecule has 1 aliphatic rings. The average molecular weight is 728 g/mol. The molecule has 5 N–H and O–H groups in total. The first-order valence-corrected chi connectivity index (χ1v) is 21.1. The lowest BCUT2D eigenvalue weighted by Crippen LogP contribution is -2.49. The van der Waals surface area contributed by atoms with E-state index in [2.05, 4.69) is 15.0 Å². The van der Waals surface area contributed by atoms with Gasteiger partial charge in [0.1, 0.15) is 18.3 Å². The number of fused-ring (bicyclic) bond motifs is 1. The predicted molar refractivity (Wildman–Crippen MR) is 177 cm³/mol. The molecule has 3 rings (SSSR count). The third kappa shape index (κ3) is 11.2. The van der Waals surface area contributed by atoms with Crippen molar-refractivity contribution in [1.29, 1.82) is 0 Å². The lowest BCUT2D eigenvalue weighted by atomic mass is 10.1. The van der Waals surface area contributed by atoms with Gasteiger partial charge < -0.3 is 34.5 Å². The molecule has 0 radical (unpaired) electrons. The van der Waals surface area contributed by atoms with Crippen LogP contribution in [0.2, 0.25) is 18.1 Å². The first-order chi connectivity index (χ1) is 21.6. The Labute approximate surface area is 276 Å². The van der Waals surface area contributed by atoms with E-state index < -0.39 is 60.7 Å². The van der Waals surface area contributed by atoms with Crippen molar-refractivity contribution in [2.45, 2.75) is 76.3 Å². The fourth-order valence-corrected chi connectivity index (χ4v) is 7.51. The second-order valence-electron chi connectivity index (χ2n) is 13.5. The van der Waals surface area contributed by atoms with Gasteiger partial charge in [0.15, 0.2) is 25.7 Å². The van der Waals surface area contributed by atoms with E-state index >= 15 is 0 Å². The molecule has 0 spiro atoms. The molecule has 6 unspecified atom stereocenters. The Morgan fingerprint density at radius 1 is 1.02 bits per heavy atom. The van der Waals surface area contributed by atoms with Crippen LogP contribution in [0.15, 0.2) is 11.1 Å². The molecule has 21 heteroatoms. The van der Waals surface area contributed by atoms with Crippen LogP contribution in [0.1, 0.15) is 39.8 Å². The number of nitrogens with two attached hydrogens (primary N) is 1. The van der Waals surface area contributed by atoms with Crippen LogP contribution < -0.4 is 11.3 Å². The second-order valence-corrected chi connectivity index (χ2v) is 21.1. The van der Waals surface area contributed by atoms with Crippen molar-refractivity contribution in [2.24, 2.45) is 0 Å². The molecule has 270 valence electrons. The van der Waals surface area contributed by atoms with E-state index in [4.69, 9.17) is 33.0 Å². The summed E-state index contributed by atoms with van der Waals surface area (Å²) in [6.45, 7) is 10.5. The number of H-pyrrole nitrogens is 1. The van der Waals surface area contributed by atoms with Gasteiger partial charge in [-0.15, -0.1) is 0 Å². The molecule has 1 saturated heterocycles. The maximum atomic E-state index is 13.3. The van der Waals surface area contributed by atoms with Gasteiger partial charge in [-0.2, -0.15) is 4.98 Å². The fourth-order valence-electron chi connectivity index (χ4n) is 4.48. The predicted octanol–water partition coefficient (Wildman–Crippen LogP) is 2.53. The smallest absolute Gasteiger partial charge is 0.407 e. The van der Waals surface area contributed by atoms with Gasteiger partial charge in [-0.25, -0.2) is 14.1 Å². The van der Waals surface area contributed by atoms with Crippen LogP contribution in [-0.4, -0.2) is 127 Å². The summed E-state index contributed by atoms with van der Waals surface area (Å²) in [5.74, 6) is -0.171. The molecule has 1 aliphatic heterocycles. The largest absolute Gasteiger partial charge is 0.472 e. The number of nitrogens with zero attached hydrogens (tertiary/aromatic N) is 5. The van der Waals surface area contributed by atoms with Crippen LogP contribution in [0.4, 0.5) is 5.95 Å². The molecule has 0 saturated carbocycles. The topological polar surface area (TPSA) is 226 Å². The number of nitrogens with one attached hydrogen (secondary N) is 1. The number of nitrogen functional groups attached to an aromatic ring is 1. The van der Waals surface area contributed by atoms with Crippen molar-refractivity contribution in [1.82, 2.24) is 29.3 Å². The summed E-state index contributed by atoms with van der Waals surface area (Å²) in [6, 6.07) is 0. The monoisotopic (exact) mass is 727 g/mol. The summed E-state index contributed by atoms with van der Waals surface area (Å²) in [5, 5.41) is -0.333. The maximum absolute atomic E-state index is 13.3. The Balaban J connectivity index is 2.01. The maximum Gasteiger partial charge on any atom is 0.472 e. The van der Waals surface area contributed by atoms with Crippen LogP contribution in [0, 0.1) is 0 Å². The second kappa shape index (κ2) is 16.0. The first kappa shape index (κ1) is 39.9. The Morgan fingerprint density at radius 2 is 1.60 bits per heavy atom. The molecule has 47 heavy (non-hydrogen) atoms. The van der Waals surface area contributed by atoms with Crippen molar-refractivity contribution >= 4 is 41.1 Å². The van der Waals surface area contributed by atoms with Gasteiger partial charge in [0.25, 0.3) is 5.56 Å². The summed E-state index contributed by atoms with van der Waals surface area (Å²) in [4.78, 5) is 48.4. The summed E-state index contributed by atoms with van der Waals surface area (Å²) < 4.78 is 62.1. The molecule has 6 atom stereocenters. The van der Waals surface area contributed by atoms with Crippen molar-refractivity contribution in [3.8, 4) is 0 Å². The summed E-state index contributed by atoms with van der Waals surface area (Å²) in [5.41, 5.74) is 5.28. The van der Waals surface area contributed by atoms with Crippen molar-refractivity contribution in [3.05, 3.63) is 16.7 Å². The molecule has 0 aromatic carbocycles. The molecule has 0 amide bonds. The lowest BCUT2D eigenvalue weighted by Gasteiger charge is -2.40. The van der Waals surface area contributed by atoms with Gasteiger partial charge in [-0.1, -0.05) is 20.8 Å². The zero-order valence-electron chi connectivity index (χ0n) is 28.6. The summed E-state index contributed by atoms with van der Waals surface area (Å²) in [7, 11) is -4.57. The van der Waals surface area contributed by atoms with Gasteiger partial charge in [0.2, 0.25) is 5.95 Å². The third-order valence-corrected chi connectivity index (χ3v) is 14.4. The Morgan fingerprint density at radius 3 is 2.15 bits per heavy atom. The van der Waals surface area contributed by atoms with E-state index in [1.165, 1.54) is 10.9 Å². The molecule has 2 aromatic heterocycles. The van der Waals surface area contributed by atoms with Crippen LogP contribution in [0.25, 0.3) is 11.2 Å². The van der Waals surface area contributed by atoms with E-state index in [1.807, 2.05) is 71.9 Å². The van der Waals surface area contributed by atoms with Gasteiger partial charge in [-0.3, -0.25) is 32.4 Å². The van der Waals surface area contributed by atoms with Crippen molar-refractivity contribution in [3.63, 3.8) is 0 Å². The number of aromatic nitrogens is 4. The number of hydrogen-bond acceptors (Lipinski definition) is 14. The fraction of sp³-hybridized carbons (Fsp3) is 0.808. The summed E-state index contributed by atoms with van der Waals surface area (Å²) >= 11 is 0. The number of ether oxygens (including phenoxy) is 1. The number of anilines is 1. The minimum Gasteiger partial charge on any atom is -0.407 e. The van der Waals surface area contributed by atoms with Crippen LogP contribution in [0.5, 0.6) is 0 Å². The normalized spacial score (nSPS) is 23.5. The van der Waals surface area contributed by atoms with Gasteiger partial charge in [0, 0.05) is 0 Å². The minimum absolute atomic E-state index is 0.0333. The number of phosphoric acid groups is 2. The highest BCUT2D eigenvalue weighted by molar-refractivity contribution is 7.47. The zero-order valence-corrected chi connectivity index (χ0v) is 31.4. The highest BCUT2D eigenvalue weighted by atomic mass is 31.2. The SMILES string of the molecule is CN(C)CCCOP(=O)(O)OCC1OC(n2cnc3c(=O)[nH]c(N)nc32)C(O[Si](C)(C)C(C)(C)C)C1OP(=O)(O)OCCCN(C)C. The highest BCUT2D eigenvalue weighted by Gasteiger charge is 2.54. The molecular weight excluding hydrogens is 676 g/mol. The molecule has 0 aliphatic carbocycles. The molecule has 0 bridgehead atoms. The van der Waals surface area contributed by atoms with E-state index in [0.717, 1.165) is 0 Å². The van der Waals surface area contributed by atoms with E-state index in [1.54, 1.807) is 0 Å². The number of aromatic amines is 1. The van der Waals surface area contributed by atoms with Crippen LogP contribution in [-0.2, 0) is 36.4 Å². The zero-order chi connectivity index (χ0) is 35.4. The molecule has 3 heterocycles. The summed E-state index contributed by atoms with van der Waals surface area (Å²) in [6.07, 6.45) is -2.70. The van der Waals surface area contributed by atoms with Crippen LogP contribution >= 0.6 is 15.6 Å². The Kier molecular flexibility index (Phi) is 13.5. The van der Waals surface area contributed by atoms with Gasteiger partial charge in [0.05, 0.1) is 26.1 Å². The lowest BCUT2D eigenvalue weighted by molar-refractivity contribution is -0.0502. The number of imidazole rings is 1. The molecule has 1 fully saturated rings. The number of phosphoric ester groups is 2. The van der Waals surface area contributed by atoms with Gasteiger partial charge in [-0.05, 0) is 72.3 Å². The van der Waals surface area contributed by atoms with Gasteiger partial charge >= 0.3 is 15.6 Å². The van der Waals surface area contributed by atoms with Crippen molar-refractivity contribution < 1.29 is 46.2 Å². The quantitative estimate of drug-likeness (QED) is 0.0983. The Hall–Kier alpha value is -1.57. The molecule has 18 nitrogen and oxygen atoms in total. The number of hydrogen-bond donors (Lipinski definition) is 4. The van der Waals surface area contributed by atoms with Crippen LogP contribution in [0.3, 0.4) is 0 Å². The first-order valence-electron chi connectivity index (χ1n) is 15.2. The average Bonchev–Trinajstić information content (AvgIpc) is 3.48. The van der Waals surface area contributed by atoms with Crippen molar-refractivity contribution in [2.75, 3.05) is 66.8 Å². The molecule has 2 aromatic rings. The number of rotatable bonds is 18. The van der Waals surface area contributed by atoms with E-state index in [0.29, 0.717) is 25.9 Å².